The number of aliphatic hydroxyl groups excluding tert-OH is 1. The van der Waals surface area contributed by atoms with E-state index in [4.69, 9.17) is 16.0 Å². The lowest BCUT2D eigenvalue weighted by Crippen LogP contribution is -2.29. The number of benzene rings is 1. The van der Waals surface area contributed by atoms with Crippen molar-refractivity contribution < 1.29 is 10.3 Å². The second-order valence-corrected chi connectivity index (χ2v) is 5.15. The Morgan fingerprint density at radius 3 is 2.72 bits per heavy atom. The summed E-state index contributed by atoms with van der Waals surface area (Å²) in [5.74, 6) is 0.0774. The molecule has 1 aromatic rings. The number of nitrogens with zero attached hydrogens (tertiary/aromatic N) is 2. The van der Waals surface area contributed by atoms with Gasteiger partial charge in [0, 0.05) is 28.3 Å². The Labute approximate surface area is 114 Å². The molecule has 2 rings (SSSR count). The highest BCUT2D eigenvalue weighted by molar-refractivity contribution is 9.10. The predicted molar refractivity (Wildman–Crippen MR) is 74.1 cm³/mol. The molecule has 1 fully saturated rings. The number of rotatable bonds is 5. The van der Waals surface area contributed by atoms with E-state index in [1.54, 1.807) is 6.07 Å². The van der Waals surface area contributed by atoms with E-state index in [1.807, 2.05) is 12.1 Å². The zero-order valence-electron chi connectivity index (χ0n) is 9.88. The number of halogens is 1. The van der Waals surface area contributed by atoms with Crippen LogP contribution < -0.4 is 10.6 Å². The zero-order chi connectivity index (χ0) is 13.1. The number of amidine groups is 1. The van der Waals surface area contributed by atoms with Crippen LogP contribution in [0.15, 0.2) is 27.8 Å². The van der Waals surface area contributed by atoms with Crippen LogP contribution in [0.1, 0.15) is 18.4 Å². The fraction of sp³-hybridized carbons (Fsp3) is 0.417. The lowest BCUT2D eigenvalue weighted by atomic mass is 10.1. The molecule has 0 amide bonds. The molecule has 6 heteroatoms. The van der Waals surface area contributed by atoms with E-state index >= 15 is 0 Å². The summed E-state index contributed by atoms with van der Waals surface area (Å²) in [6.07, 6.45) is 2.33. The molecule has 4 N–H and O–H groups in total. The highest BCUT2D eigenvalue weighted by atomic mass is 79.9. The first-order valence-electron chi connectivity index (χ1n) is 5.82. The van der Waals surface area contributed by atoms with Crippen molar-refractivity contribution in [3.63, 3.8) is 0 Å². The molecule has 1 aliphatic rings. The fourth-order valence-electron chi connectivity index (χ4n) is 1.96. The third-order valence-corrected chi connectivity index (χ3v) is 3.65. The Balaban J connectivity index is 2.26. The molecule has 0 bridgehead atoms. The zero-order valence-corrected chi connectivity index (χ0v) is 11.5. The number of hydrogen-bond donors (Lipinski definition) is 3. The summed E-state index contributed by atoms with van der Waals surface area (Å²) in [5.41, 5.74) is 7.26. The van der Waals surface area contributed by atoms with Crippen molar-refractivity contribution in [2.75, 3.05) is 18.1 Å². The van der Waals surface area contributed by atoms with Crippen LogP contribution in [0.4, 0.5) is 5.69 Å². The lowest BCUT2D eigenvalue weighted by Gasteiger charge is -2.24. The predicted octanol–water partition coefficient (Wildman–Crippen LogP) is 1.50. The summed E-state index contributed by atoms with van der Waals surface area (Å²) < 4.78 is 0.777. The molecule has 5 nitrogen and oxygen atoms in total. The van der Waals surface area contributed by atoms with Gasteiger partial charge >= 0.3 is 0 Å². The van der Waals surface area contributed by atoms with Gasteiger partial charge in [-0.05, 0) is 47.0 Å². The summed E-state index contributed by atoms with van der Waals surface area (Å²) in [6.45, 7) is 0.760. The van der Waals surface area contributed by atoms with E-state index in [1.165, 1.54) is 12.8 Å². The Hall–Kier alpha value is -1.27. The number of hydrogen-bond acceptors (Lipinski definition) is 4. The number of aliphatic hydroxyl groups is 1. The monoisotopic (exact) mass is 313 g/mol. The molecule has 0 atom stereocenters. The second kappa shape index (κ2) is 5.58. The van der Waals surface area contributed by atoms with Gasteiger partial charge in [0.15, 0.2) is 5.84 Å². The third-order valence-electron chi connectivity index (χ3n) is 3.00. The Morgan fingerprint density at radius 1 is 1.50 bits per heavy atom. The van der Waals surface area contributed by atoms with Crippen LogP contribution in [-0.2, 0) is 0 Å². The van der Waals surface area contributed by atoms with Crippen LogP contribution in [0.25, 0.3) is 0 Å². The van der Waals surface area contributed by atoms with Gasteiger partial charge in [-0.3, -0.25) is 0 Å². The molecule has 0 saturated heterocycles. The smallest absolute Gasteiger partial charge is 0.171 e. The maximum atomic E-state index is 9.10. The van der Waals surface area contributed by atoms with Crippen LogP contribution in [-0.4, -0.2) is 35.3 Å². The van der Waals surface area contributed by atoms with Gasteiger partial charge in [0.05, 0.1) is 6.61 Å². The average Bonchev–Trinajstić information content (AvgIpc) is 3.19. The molecule has 0 aliphatic heterocycles. The molecule has 0 heterocycles. The normalized spacial score (nSPS) is 15.8. The van der Waals surface area contributed by atoms with Crippen molar-refractivity contribution in [1.29, 1.82) is 0 Å². The molecule has 98 valence electrons. The van der Waals surface area contributed by atoms with Crippen LogP contribution in [0.2, 0.25) is 0 Å². The maximum Gasteiger partial charge on any atom is 0.171 e. The van der Waals surface area contributed by atoms with E-state index in [2.05, 4.69) is 26.0 Å². The van der Waals surface area contributed by atoms with Crippen molar-refractivity contribution in [1.82, 2.24) is 0 Å². The number of anilines is 1. The van der Waals surface area contributed by atoms with Gasteiger partial charge < -0.3 is 20.9 Å². The minimum atomic E-state index is 0.0774. The molecule has 0 aromatic heterocycles. The van der Waals surface area contributed by atoms with Gasteiger partial charge in [0.25, 0.3) is 0 Å². The Morgan fingerprint density at radius 2 is 2.22 bits per heavy atom. The summed E-state index contributed by atoms with van der Waals surface area (Å²) in [4.78, 5) is 2.18. The van der Waals surface area contributed by atoms with Crippen LogP contribution in [0, 0.1) is 0 Å². The SMILES string of the molecule is N/C(=N/O)c1ccc(N(CCO)C2CC2)cc1Br. The minimum Gasteiger partial charge on any atom is -0.409 e. The second-order valence-electron chi connectivity index (χ2n) is 4.30. The lowest BCUT2D eigenvalue weighted by molar-refractivity contribution is 0.301. The van der Waals surface area contributed by atoms with E-state index in [9.17, 15) is 0 Å². The third kappa shape index (κ3) is 2.76. The Bertz CT molecular complexity index is 461. The molecule has 1 saturated carbocycles. The fourth-order valence-corrected chi connectivity index (χ4v) is 2.53. The molecular formula is C12H16BrN3O2. The van der Waals surface area contributed by atoms with E-state index < -0.39 is 0 Å². The quantitative estimate of drug-likeness (QED) is 0.333. The van der Waals surface area contributed by atoms with Gasteiger partial charge in [-0.25, -0.2) is 0 Å². The van der Waals surface area contributed by atoms with E-state index in [0.29, 0.717) is 18.2 Å². The first kappa shape index (κ1) is 13.2. The number of nitrogens with two attached hydrogens (primary N) is 1. The van der Waals surface area contributed by atoms with Crippen molar-refractivity contribution in [2.45, 2.75) is 18.9 Å². The van der Waals surface area contributed by atoms with Gasteiger partial charge in [-0.2, -0.15) is 0 Å². The maximum absolute atomic E-state index is 9.10. The summed E-state index contributed by atoms with van der Waals surface area (Å²) in [5, 5.41) is 20.8. The summed E-state index contributed by atoms with van der Waals surface area (Å²) in [6, 6.07) is 6.19. The van der Waals surface area contributed by atoms with Crippen LogP contribution in [0.3, 0.4) is 0 Å². The molecule has 18 heavy (non-hydrogen) atoms. The van der Waals surface area contributed by atoms with Crippen LogP contribution in [0.5, 0.6) is 0 Å². The largest absolute Gasteiger partial charge is 0.409 e. The average molecular weight is 314 g/mol. The molecule has 1 aliphatic carbocycles. The number of oxime groups is 1. The van der Waals surface area contributed by atoms with E-state index in [0.717, 1.165) is 10.2 Å². The minimum absolute atomic E-state index is 0.0774. The van der Waals surface area contributed by atoms with Crippen molar-refractivity contribution in [2.24, 2.45) is 10.9 Å². The summed E-state index contributed by atoms with van der Waals surface area (Å²) in [7, 11) is 0. The topological polar surface area (TPSA) is 82.1 Å². The van der Waals surface area contributed by atoms with Crippen molar-refractivity contribution >= 4 is 27.5 Å². The van der Waals surface area contributed by atoms with Gasteiger partial charge in [-0.1, -0.05) is 5.16 Å². The molecular weight excluding hydrogens is 298 g/mol. The van der Waals surface area contributed by atoms with Gasteiger partial charge in [0.2, 0.25) is 0 Å². The van der Waals surface area contributed by atoms with Crippen molar-refractivity contribution in [3.05, 3.63) is 28.2 Å². The summed E-state index contributed by atoms with van der Waals surface area (Å²) >= 11 is 3.42. The standard InChI is InChI=1S/C12H16BrN3O2/c13-11-7-9(3-4-10(11)12(14)15-18)16(5-6-17)8-1-2-8/h3-4,7-8,17-18H,1-2,5-6H2,(H2,14,15). The molecule has 0 spiro atoms. The van der Waals surface area contributed by atoms with Gasteiger partial charge in [-0.15, -0.1) is 0 Å². The highest BCUT2D eigenvalue weighted by Crippen LogP contribution is 2.33. The van der Waals surface area contributed by atoms with E-state index in [-0.39, 0.29) is 12.4 Å². The first-order chi connectivity index (χ1) is 8.67. The van der Waals surface area contributed by atoms with Crippen molar-refractivity contribution in [3.8, 4) is 0 Å². The highest BCUT2D eigenvalue weighted by Gasteiger charge is 2.29. The molecule has 0 unspecified atom stereocenters. The molecule has 1 aromatic carbocycles. The molecule has 0 radical (unpaired) electrons. The first-order valence-corrected chi connectivity index (χ1v) is 6.61. The van der Waals surface area contributed by atoms with Crippen LogP contribution >= 0.6 is 15.9 Å². The Kier molecular flexibility index (Phi) is 4.08. The van der Waals surface area contributed by atoms with Gasteiger partial charge in [0.1, 0.15) is 0 Å².